The summed E-state index contributed by atoms with van der Waals surface area (Å²) in [6.07, 6.45) is 2.94. The Morgan fingerprint density at radius 1 is 1.50 bits per heavy atom. The van der Waals surface area contributed by atoms with E-state index in [9.17, 15) is 0 Å². The number of pyridine rings is 1. The van der Waals surface area contributed by atoms with Gasteiger partial charge in [0.15, 0.2) is 11.7 Å². The Morgan fingerprint density at radius 2 is 2.31 bits per heavy atom. The molecule has 2 heterocycles. The van der Waals surface area contributed by atoms with Crippen molar-refractivity contribution in [2.24, 2.45) is 10.9 Å². The fourth-order valence-corrected chi connectivity index (χ4v) is 1.30. The smallest absolute Gasteiger partial charge is 0.170 e. The minimum Gasteiger partial charge on any atom is -0.409 e. The Labute approximate surface area is 91.2 Å². The van der Waals surface area contributed by atoms with Crippen LogP contribution in [0.2, 0.25) is 0 Å². The lowest BCUT2D eigenvalue weighted by molar-refractivity contribution is 0.318. The van der Waals surface area contributed by atoms with Gasteiger partial charge < -0.3 is 10.9 Å². The zero-order valence-corrected chi connectivity index (χ0v) is 8.57. The van der Waals surface area contributed by atoms with Gasteiger partial charge >= 0.3 is 0 Å². The van der Waals surface area contributed by atoms with E-state index in [0.29, 0.717) is 11.4 Å². The third kappa shape index (κ3) is 1.83. The summed E-state index contributed by atoms with van der Waals surface area (Å²) in [5.41, 5.74) is 6.84. The number of hydrogen-bond donors (Lipinski definition) is 2. The second-order valence-electron chi connectivity index (χ2n) is 3.18. The molecule has 0 aliphatic heterocycles. The molecule has 0 atom stereocenters. The number of amidine groups is 1. The van der Waals surface area contributed by atoms with E-state index < -0.39 is 0 Å². The van der Waals surface area contributed by atoms with Crippen LogP contribution in [-0.2, 0) is 0 Å². The molecule has 0 unspecified atom stereocenters. The van der Waals surface area contributed by atoms with E-state index in [1.54, 1.807) is 12.1 Å². The van der Waals surface area contributed by atoms with Gasteiger partial charge in [0, 0.05) is 11.3 Å². The summed E-state index contributed by atoms with van der Waals surface area (Å²) in [6, 6.07) is 3.38. The molecule has 2 aromatic heterocycles. The van der Waals surface area contributed by atoms with E-state index in [1.165, 1.54) is 17.3 Å². The van der Waals surface area contributed by atoms with Crippen LogP contribution in [0.3, 0.4) is 0 Å². The fraction of sp³-hybridized carbons (Fsp3) is 0.111. The van der Waals surface area contributed by atoms with Gasteiger partial charge in [-0.1, -0.05) is 5.16 Å². The SMILES string of the molecule is Cc1cc(/C(N)=N/O)cc(-n2cncn2)n1. The molecule has 0 fully saturated rings. The maximum atomic E-state index is 8.61. The molecular weight excluding hydrogens is 208 g/mol. The molecule has 2 aromatic rings. The fourth-order valence-electron chi connectivity index (χ4n) is 1.30. The number of nitrogens with two attached hydrogens (primary N) is 1. The second kappa shape index (κ2) is 3.97. The predicted octanol–water partition coefficient (Wildman–Crippen LogP) is 0.0652. The average Bonchev–Trinajstić information content (AvgIpc) is 2.80. The third-order valence-electron chi connectivity index (χ3n) is 2.00. The van der Waals surface area contributed by atoms with Gasteiger partial charge in [-0.3, -0.25) is 0 Å². The minimum absolute atomic E-state index is 0.0341. The molecule has 0 radical (unpaired) electrons. The van der Waals surface area contributed by atoms with Gasteiger partial charge in [0.2, 0.25) is 0 Å². The van der Waals surface area contributed by atoms with Crippen molar-refractivity contribution < 1.29 is 5.21 Å². The van der Waals surface area contributed by atoms with Crippen LogP contribution >= 0.6 is 0 Å². The van der Waals surface area contributed by atoms with E-state index in [2.05, 4.69) is 20.2 Å². The first-order valence-corrected chi connectivity index (χ1v) is 4.52. The average molecular weight is 218 g/mol. The first kappa shape index (κ1) is 10.1. The Bertz CT molecular complexity index is 519. The highest BCUT2D eigenvalue weighted by Crippen LogP contribution is 2.08. The topological polar surface area (TPSA) is 102 Å². The Morgan fingerprint density at radius 3 is 2.94 bits per heavy atom. The Hall–Kier alpha value is -2.44. The van der Waals surface area contributed by atoms with E-state index >= 15 is 0 Å². The molecule has 82 valence electrons. The number of hydrogen-bond acceptors (Lipinski definition) is 5. The Balaban J connectivity index is 2.52. The molecule has 2 rings (SSSR count). The molecule has 0 saturated carbocycles. The van der Waals surface area contributed by atoms with Crippen molar-refractivity contribution in [2.45, 2.75) is 6.92 Å². The highest BCUT2D eigenvalue weighted by atomic mass is 16.4. The lowest BCUT2D eigenvalue weighted by Crippen LogP contribution is -2.14. The van der Waals surface area contributed by atoms with Crippen LogP contribution in [0.5, 0.6) is 0 Å². The van der Waals surface area contributed by atoms with Crippen LogP contribution in [0.4, 0.5) is 0 Å². The van der Waals surface area contributed by atoms with Crippen LogP contribution in [0.1, 0.15) is 11.3 Å². The molecule has 3 N–H and O–H groups in total. The molecular formula is C9H10N6O. The number of nitrogens with zero attached hydrogens (tertiary/aromatic N) is 5. The predicted molar refractivity (Wildman–Crippen MR) is 56.4 cm³/mol. The third-order valence-corrected chi connectivity index (χ3v) is 2.00. The number of aromatic nitrogens is 4. The van der Waals surface area contributed by atoms with Gasteiger partial charge in [0.25, 0.3) is 0 Å². The molecule has 7 nitrogen and oxygen atoms in total. The monoisotopic (exact) mass is 218 g/mol. The summed E-state index contributed by atoms with van der Waals surface area (Å²) < 4.78 is 1.50. The van der Waals surface area contributed by atoms with Crippen molar-refractivity contribution in [2.75, 3.05) is 0 Å². The van der Waals surface area contributed by atoms with Gasteiger partial charge in [-0.2, -0.15) is 5.10 Å². The Kier molecular flexibility index (Phi) is 2.50. The zero-order chi connectivity index (χ0) is 11.5. The van der Waals surface area contributed by atoms with Crippen LogP contribution in [0.15, 0.2) is 29.9 Å². The quantitative estimate of drug-likeness (QED) is 0.321. The van der Waals surface area contributed by atoms with Crippen molar-refractivity contribution in [3.63, 3.8) is 0 Å². The largest absolute Gasteiger partial charge is 0.409 e. The molecule has 0 aliphatic carbocycles. The summed E-state index contributed by atoms with van der Waals surface area (Å²) in [5.74, 6) is 0.603. The van der Waals surface area contributed by atoms with Gasteiger partial charge in [-0.25, -0.2) is 14.6 Å². The molecule has 0 amide bonds. The normalized spacial score (nSPS) is 11.7. The number of rotatable bonds is 2. The second-order valence-corrected chi connectivity index (χ2v) is 3.18. The minimum atomic E-state index is 0.0341. The van der Waals surface area contributed by atoms with Gasteiger partial charge in [-0.15, -0.1) is 0 Å². The lowest BCUT2D eigenvalue weighted by atomic mass is 10.2. The molecule has 16 heavy (non-hydrogen) atoms. The van der Waals surface area contributed by atoms with Gasteiger partial charge in [0.05, 0.1) is 0 Å². The van der Waals surface area contributed by atoms with Crippen LogP contribution < -0.4 is 5.73 Å². The zero-order valence-electron chi connectivity index (χ0n) is 8.57. The van der Waals surface area contributed by atoms with Crippen molar-refractivity contribution >= 4 is 5.84 Å². The van der Waals surface area contributed by atoms with Crippen molar-refractivity contribution in [1.29, 1.82) is 0 Å². The molecule has 0 aromatic carbocycles. The highest BCUT2D eigenvalue weighted by Gasteiger charge is 2.06. The molecule has 0 bridgehead atoms. The first-order chi connectivity index (χ1) is 7.70. The van der Waals surface area contributed by atoms with Crippen LogP contribution in [0, 0.1) is 6.92 Å². The van der Waals surface area contributed by atoms with Crippen LogP contribution in [0.25, 0.3) is 5.82 Å². The summed E-state index contributed by atoms with van der Waals surface area (Å²) >= 11 is 0. The summed E-state index contributed by atoms with van der Waals surface area (Å²) in [4.78, 5) is 8.09. The van der Waals surface area contributed by atoms with Gasteiger partial charge in [0.1, 0.15) is 12.7 Å². The van der Waals surface area contributed by atoms with E-state index in [0.717, 1.165) is 5.69 Å². The summed E-state index contributed by atoms with van der Waals surface area (Å²) in [6.45, 7) is 1.81. The van der Waals surface area contributed by atoms with Crippen molar-refractivity contribution in [1.82, 2.24) is 19.7 Å². The highest BCUT2D eigenvalue weighted by molar-refractivity contribution is 5.97. The standard InChI is InChI=1S/C9H10N6O/c1-6-2-7(9(10)14-16)3-8(13-6)15-5-11-4-12-15/h2-5,16H,1H3,(H2,10,14). The summed E-state index contributed by atoms with van der Waals surface area (Å²) in [5, 5.41) is 15.5. The molecule has 7 heteroatoms. The maximum absolute atomic E-state index is 8.61. The maximum Gasteiger partial charge on any atom is 0.170 e. The first-order valence-electron chi connectivity index (χ1n) is 4.52. The summed E-state index contributed by atoms with van der Waals surface area (Å²) in [7, 11) is 0. The molecule has 0 aliphatic rings. The number of oxime groups is 1. The van der Waals surface area contributed by atoms with Crippen molar-refractivity contribution in [3.05, 3.63) is 36.0 Å². The lowest BCUT2D eigenvalue weighted by Gasteiger charge is -2.04. The number of aryl methyl sites for hydroxylation is 1. The van der Waals surface area contributed by atoms with E-state index in [1.807, 2.05) is 6.92 Å². The van der Waals surface area contributed by atoms with Crippen molar-refractivity contribution in [3.8, 4) is 5.82 Å². The molecule has 0 spiro atoms. The van der Waals surface area contributed by atoms with Crippen LogP contribution in [-0.4, -0.2) is 30.8 Å². The molecule has 0 saturated heterocycles. The van der Waals surface area contributed by atoms with E-state index in [4.69, 9.17) is 10.9 Å². The van der Waals surface area contributed by atoms with Gasteiger partial charge in [-0.05, 0) is 19.1 Å². The van der Waals surface area contributed by atoms with E-state index in [-0.39, 0.29) is 5.84 Å².